The summed E-state index contributed by atoms with van der Waals surface area (Å²) in [6.07, 6.45) is 0.459. The van der Waals surface area contributed by atoms with Gasteiger partial charge in [-0.1, -0.05) is 30.3 Å². The Labute approximate surface area is 163 Å². The molecule has 1 saturated heterocycles. The highest BCUT2D eigenvalue weighted by molar-refractivity contribution is 5.87. The van der Waals surface area contributed by atoms with Crippen LogP contribution < -0.4 is 4.74 Å². The minimum Gasteiger partial charge on any atom is -0.478 e. The molecular formula is C21H24NO6+. The molecule has 1 atom stereocenters. The number of ether oxygens (including phenoxy) is 3. The highest BCUT2D eigenvalue weighted by Gasteiger charge is 2.51. The second-order valence-electron chi connectivity index (χ2n) is 6.72. The van der Waals surface area contributed by atoms with Crippen LogP contribution in [-0.2, 0) is 16.1 Å². The third-order valence-electron chi connectivity index (χ3n) is 4.88. The molecule has 1 unspecified atom stereocenters. The van der Waals surface area contributed by atoms with Crippen molar-refractivity contribution in [2.45, 2.75) is 25.9 Å². The first-order valence-electron chi connectivity index (χ1n) is 9.16. The molecule has 1 aliphatic rings. The number of rotatable bonds is 7. The lowest BCUT2D eigenvalue weighted by molar-refractivity contribution is -0.916. The van der Waals surface area contributed by atoms with Crippen LogP contribution in [0.1, 0.15) is 28.8 Å². The van der Waals surface area contributed by atoms with Gasteiger partial charge in [0.05, 0.1) is 18.7 Å². The highest BCUT2D eigenvalue weighted by atomic mass is 16.7. The number of quaternary nitrogens is 1. The van der Waals surface area contributed by atoms with Gasteiger partial charge in [0.25, 0.3) is 0 Å². The molecule has 148 valence electrons. The third-order valence-corrected chi connectivity index (χ3v) is 4.88. The fourth-order valence-corrected chi connectivity index (χ4v) is 3.37. The van der Waals surface area contributed by atoms with Crippen LogP contribution in [-0.4, -0.2) is 48.3 Å². The summed E-state index contributed by atoms with van der Waals surface area (Å²) in [5, 5.41) is 9.01. The molecule has 1 fully saturated rings. The van der Waals surface area contributed by atoms with Crippen LogP contribution in [0.25, 0.3) is 0 Å². The number of aromatic carboxylic acids is 1. The van der Waals surface area contributed by atoms with E-state index in [-0.39, 0.29) is 16.7 Å². The molecule has 0 spiro atoms. The Bertz CT molecular complexity index is 799. The fourth-order valence-electron chi connectivity index (χ4n) is 3.37. The second-order valence-corrected chi connectivity index (χ2v) is 6.72. The van der Waals surface area contributed by atoms with Crippen molar-refractivity contribution in [1.29, 1.82) is 0 Å². The van der Waals surface area contributed by atoms with Crippen molar-refractivity contribution in [2.24, 2.45) is 0 Å². The zero-order valence-electron chi connectivity index (χ0n) is 15.7. The van der Waals surface area contributed by atoms with Crippen molar-refractivity contribution < 1.29 is 33.4 Å². The van der Waals surface area contributed by atoms with Gasteiger partial charge >= 0.3 is 18.5 Å². The average molecular weight is 386 g/mol. The van der Waals surface area contributed by atoms with Crippen LogP contribution >= 0.6 is 0 Å². The Hall–Kier alpha value is -2.90. The molecule has 1 N–H and O–H groups in total. The molecule has 1 heterocycles. The number of carboxylic acids is 1. The van der Waals surface area contributed by atoms with Gasteiger partial charge in [-0.15, -0.1) is 0 Å². The number of nitrogens with zero attached hydrogens (tertiary/aromatic N) is 1. The molecule has 7 heteroatoms. The van der Waals surface area contributed by atoms with Gasteiger partial charge in [-0.2, -0.15) is 9.28 Å². The molecule has 0 saturated carbocycles. The van der Waals surface area contributed by atoms with Crippen LogP contribution in [0.15, 0.2) is 54.6 Å². The quantitative estimate of drug-likeness (QED) is 0.578. The zero-order chi connectivity index (χ0) is 20.0. The van der Waals surface area contributed by atoms with E-state index in [2.05, 4.69) is 0 Å². The predicted octanol–water partition coefficient (Wildman–Crippen LogP) is 3.64. The van der Waals surface area contributed by atoms with Gasteiger partial charge in [0.2, 0.25) is 0 Å². The van der Waals surface area contributed by atoms with Gasteiger partial charge in [0.15, 0.2) is 0 Å². The molecule has 28 heavy (non-hydrogen) atoms. The van der Waals surface area contributed by atoms with E-state index < -0.39 is 18.5 Å². The van der Waals surface area contributed by atoms with Gasteiger partial charge in [-0.25, -0.2) is 4.79 Å². The van der Waals surface area contributed by atoms with Crippen LogP contribution in [0.4, 0.5) is 4.79 Å². The maximum Gasteiger partial charge on any atom is 0.521 e. The second kappa shape index (κ2) is 8.86. The van der Waals surface area contributed by atoms with Crippen LogP contribution in [0, 0.1) is 0 Å². The molecule has 1 aliphatic heterocycles. The third kappa shape index (κ3) is 4.32. The Morgan fingerprint density at radius 2 is 1.68 bits per heavy atom. The van der Waals surface area contributed by atoms with Gasteiger partial charge in [-0.3, -0.25) is 4.74 Å². The van der Waals surface area contributed by atoms with E-state index in [1.54, 1.807) is 12.1 Å². The molecule has 0 bridgehead atoms. The summed E-state index contributed by atoms with van der Waals surface area (Å²) in [5.74, 6) is -0.584. The largest absolute Gasteiger partial charge is 0.521 e. The van der Waals surface area contributed by atoms with Crippen molar-refractivity contribution in [3.63, 3.8) is 0 Å². The van der Waals surface area contributed by atoms with Crippen LogP contribution in [0.2, 0.25) is 0 Å². The first-order chi connectivity index (χ1) is 13.5. The SMILES string of the molecule is COC(Oc1ccc(C(=O)O)cc1)[N+]1(C(=O)OCc2ccccc2)CCCC1. The van der Waals surface area contributed by atoms with E-state index >= 15 is 0 Å². The highest BCUT2D eigenvalue weighted by Crippen LogP contribution is 2.29. The van der Waals surface area contributed by atoms with Crippen molar-refractivity contribution in [1.82, 2.24) is 0 Å². The summed E-state index contributed by atoms with van der Waals surface area (Å²) in [4.78, 5) is 24.0. The lowest BCUT2D eigenvalue weighted by atomic mass is 10.2. The number of carbonyl (C=O) groups excluding carboxylic acids is 1. The maximum absolute atomic E-state index is 13.0. The Morgan fingerprint density at radius 1 is 1.04 bits per heavy atom. The molecule has 0 radical (unpaired) electrons. The summed E-state index contributed by atoms with van der Waals surface area (Å²) < 4.78 is 16.9. The van der Waals surface area contributed by atoms with E-state index in [9.17, 15) is 9.59 Å². The average Bonchev–Trinajstić information content (AvgIpc) is 3.22. The van der Waals surface area contributed by atoms with Gasteiger partial charge < -0.3 is 14.6 Å². The lowest BCUT2D eigenvalue weighted by Gasteiger charge is -2.35. The number of benzene rings is 2. The number of carboxylic acid groups (broad SMARTS) is 1. The monoisotopic (exact) mass is 386 g/mol. The van der Waals surface area contributed by atoms with Crippen molar-refractivity contribution in [3.05, 3.63) is 65.7 Å². The maximum atomic E-state index is 13.0. The van der Waals surface area contributed by atoms with E-state index in [1.165, 1.54) is 19.2 Å². The fraction of sp³-hybridized carbons (Fsp3) is 0.333. The molecule has 0 aliphatic carbocycles. The van der Waals surface area contributed by atoms with Crippen molar-refractivity contribution >= 4 is 12.1 Å². The van der Waals surface area contributed by atoms with Crippen molar-refractivity contribution in [2.75, 3.05) is 20.2 Å². The predicted molar refractivity (Wildman–Crippen MR) is 101 cm³/mol. The van der Waals surface area contributed by atoms with E-state index in [0.717, 1.165) is 18.4 Å². The minimum atomic E-state index is -1.01. The number of likely N-dealkylation sites (tertiary alicyclic amines) is 1. The summed E-state index contributed by atoms with van der Waals surface area (Å²) in [7, 11) is 1.49. The molecule has 3 rings (SSSR count). The van der Waals surface area contributed by atoms with Gasteiger partial charge in [-0.05, 0) is 29.8 Å². The van der Waals surface area contributed by atoms with E-state index in [0.29, 0.717) is 18.8 Å². The molecular weight excluding hydrogens is 362 g/mol. The first-order valence-corrected chi connectivity index (χ1v) is 9.16. The van der Waals surface area contributed by atoms with Gasteiger partial charge in [0.1, 0.15) is 12.4 Å². The summed E-state index contributed by atoms with van der Waals surface area (Å²) in [5.41, 5.74) is 1.07. The van der Waals surface area contributed by atoms with E-state index in [4.69, 9.17) is 19.3 Å². The number of carbonyl (C=O) groups is 2. The summed E-state index contributed by atoms with van der Waals surface area (Å²) in [6.45, 7) is 1.29. The topological polar surface area (TPSA) is 82.1 Å². The first kappa shape index (κ1) is 19.9. The molecule has 0 aromatic heterocycles. The standard InChI is InChI=1S/C21H23NO6/c1-26-21(28-18-11-9-17(10-12-18)19(23)24)22(13-5-6-14-22)20(25)27-15-16-7-3-2-4-8-16/h2-4,7-12,21H,5-6,13-15H2,1H3/p+1. The molecule has 1 amide bonds. The Balaban J connectivity index is 1.74. The van der Waals surface area contributed by atoms with Crippen LogP contribution in [0.3, 0.4) is 0 Å². The minimum absolute atomic E-state index is 0.0793. The smallest absolute Gasteiger partial charge is 0.478 e. The number of amides is 1. The molecule has 2 aromatic rings. The van der Waals surface area contributed by atoms with Crippen LogP contribution in [0.5, 0.6) is 5.75 Å². The van der Waals surface area contributed by atoms with Gasteiger partial charge in [0, 0.05) is 20.0 Å². The Morgan fingerprint density at radius 3 is 2.25 bits per heavy atom. The lowest BCUT2D eigenvalue weighted by Crippen LogP contribution is -2.60. The summed E-state index contributed by atoms with van der Waals surface area (Å²) >= 11 is 0. The molecule has 7 nitrogen and oxygen atoms in total. The number of methoxy groups -OCH3 is 1. The zero-order valence-corrected chi connectivity index (χ0v) is 15.7. The normalized spacial score (nSPS) is 16.3. The Kier molecular flexibility index (Phi) is 6.28. The van der Waals surface area contributed by atoms with E-state index in [1.807, 2.05) is 30.3 Å². The molecule has 2 aromatic carbocycles. The summed E-state index contributed by atoms with van der Waals surface area (Å²) in [6, 6.07) is 15.5. The number of hydrogen-bond acceptors (Lipinski definition) is 5. The number of hydrogen-bond donors (Lipinski definition) is 1. The van der Waals surface area contributed by atoms with Crippen molar-refractivity contribution in [3.8, 4) is 5.75 Å².